The van der Waals surface area contributed by atoms with Gasteiger partial charge in [-0.15, -0.1) is 0 Å². The van der Waals surface area contributed by atoms with Crippen molar-refractivity contribution < 1.29 is 14.7 Å². The molecule has 0 aliphatic heterocycles. The second-order valence-corrected chi connectivity index (χ2v) is 3.96. The molecule has 2 rings (SSSR count). The normalized spacial score (nSPS) is 44.2. The van der Waals surface area contributed by atoms with Crippen molar-refractivity contribution in [2.24, 2.45) is 29.2 Å². The number of rotatable bonds is 2. The SMILES string of the molecule is NC(=O)C1C2C=CC(C2)C1(O)C(N)=O. The number of allylic oxidation sites excluding steroid dienone is 1. The van der Waals surface area contributed by atoms with Crippen molar-refractivity contribution in [3.05, 3.63) is 12.2 Å². The first kappa shape index (κ1) is 9.21. The Hall–Kier alpha value is -1.36. The van der Waals surface area contributed by atoms with Crippen molar-refractivity contribution >= 4 is 11.8 Å². The average molecular weight is 196 g/mol. The zero-order valence-corrected chi connectivity index (χ0v) is 7.51. The number of fused-ring (bicyclic) bond motifs is 2. The number of hydrogen-bond donors (Lipinski definition) is 3. The third-order valence-electron chi connectivity index (χ3n) is 3.29. The Morgan fingerprint density at radius 1 is 1.36 bits per heavy atom. The van der Waals surface area contributed by atoms with Gasteiger partial charge in [0.1, 0.15) is 0 Å². The van der Waals surface area contributed by atoms with Crippen LogP contribution in [-0.4, -0.2) is 22.5 Å². The van der Waals surface area contributed by atoms with E-state index in [4.69, 9.17) is 11.5 Å². The first-order valence-corrected chi connectivity index (χ1v) is 4.48. The van der Waals surface area contributed by atoms with Gasteiger partial charge in [0, 0.05) is 5.92 Å². The van der Waals surface area contributed by atoms with Crippen LogP contribution >= 0.6 is 0 Å². The highest BCUT2D eigenvalue weighted by molar-refractivity contribution is 5.93. The molecule has 0 aromatic rings. The van der Waals surface area contributed by atoms with Gasteiger partial charge in [0.2, 0.25) is 5.91 Å². The van der Waals surface area contributed by atoms with Gasteiger partial charge in [-0.05, 0) is 12.3 Å². The third-order valence-corrected chi connectivity index (χ3v) is 3.29. The second kappa shape index (κ2) is 2.57. The average Bonchev–Trinajstić information content (AvgIpc) is 2.61. The number of carbonyl (C=O) groups is 2. The summed E-state index contributed by atoms with van der Waals surface area (Å²) in [7, 11) is 0. The summed E-state index contributed by atoms with van der Waals surface area (Å²) in [4.78, 5) is 22.3. The molecular formula is C9H12N2O3. The number of hydrogen-bond acceptors (Lipinski definition) is 3. The van der Waals surface area contributed by atoms with E-state index in [9.17, 15) is 14.7 Å². The maximum Gasteiger partial charge on any atom is 0.250 e. The fourth-order valence-electron chi connectivity index (χ4n) is 2.62. The zero-order valence-electron chi connectivity index (χ0n) is 7.51. The predicted molar refractivity (Wildman–Crippen MR) is 47.6 cm³/mol. The molecule has 5 heteroatoms. The van der Waals surface area contributed by atoms with Crippen molar-refractivity contribution in [2.45, 2.75) is 12.0 Å². The van der Waals surface area contributed by atoms with Gasteiger partial charge < -0.3 is 16.6 Å². The molecule has 0 saturated heterocycles. The van der Waals surface area contributed by atoms with Crippen molar-refractivity contribution in [1.29, 1.82) is 0 Å². The highest BCUT2D eigenvalue weighted by Gasteiger charge is 2.61. The van der Waals surface area contributed by atoms with Gasteiger partial charge in [0.05, 0.1) is 5.92 Å². The van der Waals surface area contributed by atoms with E-state index < -0.39 is 23.3 Å². The largest absolute Gasteiger partial charge is 0.379 e. The quantitative estimate of drug-likeness (QED) is 0.468. The predicted octanol–water partition coefficient (Wildman–Crippen LogP) is -1.49. The molecule has 76 valence electrons. The summed E-state index contributed by atoms with van der Waals surface area (Å²) >= 11 is 0. The van der Waals surface area contributed by atoms with E-state index in [1.165, 1.54) is 0 Å². The minimum Gasteiger partial charge on any atom is -0.379 e. The molecule has 2 bridgehead atoms. The van der Waals surface area contributed by atoms with Crippen LogP contribution in [0.15, 0.2) is 12.2 Å². The highest BCUT2D eigenvalue weighted by Crippen LogP contribution is 2.50. The van der Waals surface area contributed by atoms with Crippen LogP contribution in [0.5, 0.6) is 0 Å². The Bertz CT molecular complexity index is 339. The lowest BCUT2D eigenvalue weighted by Gasteiger charge is -2.32. The Labute approximate surface area is 80.8 Å². The molecule has 1 fully saturated rings. The summed E-state index contributed by atoms with van der Waals surface area (Å²) in [5, 5.41) is 10.1. The molecule has 2 aliphatic rings. The van der Waals surface area contributed by atoms with Crippen LogP contribution in [0.4, 0.5) is 0 Å². The van der Waals surface area contributed by atoms with Gasteiger partial charge in [-0.3, -0.25) is 9.59 Å². The first-order chi connectivity index (χ1) is 6.48. The summed E-state index contributed by atoms with van der Waals surface area (Å²) in [6.07, 6.45) is 4.12. The Balaban J connectivity index is 2.45. The summed E-state index contributed by atoms with van der Waals surface area (Å²) in [5.74, 6) is -2.89. The molecule has 2 aliphatic carbocycles. The number of amides is 2. The van der Waals surface area contributed by atoms with Crippen LogP contribution in [0.25, 0.3) is 0 Å². The first-order valence-electron chi connectivity index (χ1n) is 4.48. The fraction of sp³-hybridized carbons (Fsp3) is 0.556. The molecule has 0 heterocycles. The number of carbonyl (C=O) groups excluding carboxylic acids is 2. The molecule has 5 N–H and O–H groups in total. The fourth-order valence-corrected chi connectivity index (χ4v) is 2.62. The molecule has 2 amide bonds. The van der Waals surface area contributed by atoms with Crippen LogP contribution in [-0.2, 0) is 9.59 Å². The van der Waals surface area contributed by atoms with Gasteiger partial charge in [-0.25, -0.2) is 0 Å². The van der Waals surface area contributed by atoms with Gasteiger partial charge in [-0.2, -0.15) is 0 Å². The van der Waals surface area contributed by atoms with Crippen LogP contribution in [0, 0.1) is 17.8 Å². The van der Waals surface area contributed by atoms with Crippen molar-refractivity contribution in [2.75, 3.05) is 0 Å². The van der Waals surface area contributed by atoms with E-state index in [2.05, 4.69) is 0 Å². The lowest BCUT2D eigenvalue weighted by atomic mass is 9.78. The molecule has 0 spiro atoms. The molecule has 4 atom stereocenters. The lowest BCUT2D eigenvalue weighted by molar-refractivity contribution is -0.151. The summed E-state index contributed by atoms with van der Waals surface area (Å²) in [6.45, 7) is 0. The number of nitrogens with two attached hydrogens (primary N) is 2. The Kier molecular flexibility index (Phi) is 1.69. The van der Waals surface area contributed by atoms with E-state index in [1.807, 2.05) is 6.08 Å². The monoisotopic (exact) mass is 196 g/mol. The van der Waals surface area contributed by atoms with E-state index in [-0.39, 0.29) is 11.8 Å². The number of primary amides is 2. The molecule has 14 heavy (non-hydrogen) atoms. The van der Waals surface area contributed by atoms with Gasteiger partial charge in [0.25, 0.3) is 5.91 Å². The van der Waals surface area contributed by atoms with Crippen LogP contribution in [0.3, 0.4) is 0 Å². The van der Waals surface area contributed by atoms with Crippen LogP contribution in [0.2, 0.25) is 0 Å². The smallest absolute Gasteiger partial charge is 0.250 e. The molecular weight excluding hydrogens is 184 g/mol. The molecule has 0 radical (unpaired) electrons. The van der Waals surface area contributed by atoms with Gasteiger partial charge in [0.15, 0.2) is 5.60 Å². The van der Waals surface area contributed by atoms with E-state index >= 15 is 0 Å². The highest BCUT2D eigenvalue weighted by atomic mass is 16.3. The molecule has 1 saturated carbocycles. The lowest BCUT2D eigenvalue weighted by Crippen LogP contribution is -2.56. The van der Waals surface area contributed by atoms with Crippen molar-refractivity contribution in [3.8, 4) is 0 Å². The van der Waals surface area contributed by atoms with Gasteiger partial charge >= 0.3 is 0 Å². The maximum atomic E-state index is 11.2. The standard InChI is InChI=1S/C9H12N2O3/c10-7(12)6-4-1-2-5(3-4)9(6,14)8(11)13/h1-2,4-6,14H,3H2,(H2,10,12)(H2,11,13). The molecule has 0 aromatic heterocycles. The Morgan fingerprint density at radius 2 is 2.00 bits per heavy atom. The summed E-state index contributed by atoms with van der Waals surface area (Å²) in [5.41, 5.74) is 8.50. The van der Waals surface area contributed by atoms with Crippen molar-refractivity contribution in [1.82, 2.24) is 0 Å². The molecule has 4 unspecified atom stereocenters. The maximum absolute atomic E-state index is 11.2. The van der Waals surface area contributed by atoms with E-state index in [0.29, 0.717) is 6.42 Å². The topological polar surface area (TPSA) is 106 Å². The van der Waals surface area contributed by atoms with E-state index in [1.54, 1.807) is 6.08 Å². The van der Waals surface area contributed by atoms with Crippen molar-refractivity contribution in [3.63, 3.8) is 0 Å². The minimum atomic E-state index is -1.77. The van der Waals surface area contributed by atoms with Crippen LogP contribution in [0.1, 0.15) is 6.42 Å². The second-order valence-electron chi connectivity index (χ2n) is 3.96. The van der Waals surface area contributed by atoms with Gasteiger partial charge in [-0.1, -0.05) is 12.2 Å². The minimum absolute atomic E-state index is 0.144. The number of aliphatic hydroxyl groups is 1. The zero-order chi connectivity index (χ0) is 10.5. The molecule has 0 aromatic carbocycles. The third kappa shape index (κ3) is 0.874. The summed E-state index contributed by atoms with van der Waals surface area (Å²) < 4.78 is 0. The summed E-state index contributed by atoms with van der Waals surface area (Å²) in [6, 6.07) is 0. The van der Waals surface area contributed by atoms with E-state index in [0.717, 1.165) is 0 Å². The molecule has 5 nitrogen and oxygen atoms in total. The Morgan fingerprint density at radius 3 is 2.43 bits per heavy atom. The van der Waals surface area contributed by atoms with Crippen LogP contribution < -0.4 is 11.5 Å².